The Balaban J connectivity index is 1.99. The normalized spacial score (nSPS) is 13.8. The minimum Gasteiger partial charge on any atom is -0.461 e. The fraction of sp³-hybridized carbons (Fsp3) is 0.357. The van der Waals surface area contributed by atoms with Crippen LogP contribution in [0.5, 0.6) is 0 Å². The van der Waals surface area contributed by atoms with E-state index in [0.717, 1.165) is 27.8 Å². The van der Waals surface area contributed by atoms with Crippen LogP contribution in [-0.2, 0) is 9.53 Å². The molecule has 0 saturated heterocycles. The number of hydrogen-bond acceptors (Lipinski definition) is 5. The first-order valence-electron chi connectivity index (χ1n) is 6.22. The predicted octanol–water partition coefficient (Wildman–Crippen LogP) is 3.73. The second-order valence-electron chi connectivity index (χ2n) is 4.01. The van der Waals surface area contributed by atoms with Gasteiger partial charge in [-0.2, -0.15) is 11.8 Å². The third-order valence-corrected chi connectivity index (χ3v) is 4.73. The van der Waals surface area contributed by atoms with Gasteiger partial charge in [0.15, 0.2) is 0 Å². The molecule has 0 aromatic heterocycles. The monoisotopic (exact) mass is 295 g/mol. The molecule has 1 heterocycles. The van der Waals surface area contributed by atoms with Gasteiger partial charge in [0.05, 0.1) is 5.69 Å². The number of fused-ring (bicyclic) bond motifs is 1. The summed E-state index contributed by atoms with van der Waals surface area (Å²) in [4.78, 5) is 13.7. The van der Waals surface area contributed by atoms with E-state index in [4.69, 9.17) is 4.74 Å². The van der Waals surface area contributed by atoms with Crippen molar-refractivity contribution in [2.75, 3.05) is 23.4 Å². The second kappa shape index (κ2) is 6.91. The Morgan fingerprint density at radius 2 is 2.21 bits per heavy atom. The minimum absolute atomic E-state index is 0.235. The molecule has 1 aromatic carbocycles. The summed E-state index contributed by atoms with van der Waals surface area (Å²) < 4.78 is 5.29. The average Bonchev–Trinajstić information content (AvgIpc) is 2.42. The topological polar surface area (TPSA) is 38.3 Å². The van der Waals surface area contributed by atoms with Crippen molar-refractivity contribution in [2.24, 2.45) is 0 Å². The Hall–Kier alpha value is -1.07. The number of thioether (sulfide) groups is 2. The van der Waals surface area contributed by atoms with Gasteiger partial charge in [-0.1, -0.05) is 30.8 Å². The Labute approximate surface area is 122 Å². The van der Waals surface area contributed by atoms with Crippen molar-refractivity contribution in [2.45, 2.75) is 18.7 Å². The van der Waals surface area contributed by atoms with Gasteiger partial charge in [-0.05, 0) is 24.8 Å². The Morgan fingerprint density at radius 3 is 3.00 bits per heavy atom. The van der Waals surface area contributed by atoms with Gasteiger partial charge >= 0.3 is 5.97 Å². The van der Waals surface area contributed by atoms with Gasteiger partial charge in [0.25, 0.3) is 0 Å². The van der Waals surface area contributed by atoms with Gasteiger partial charge in [-0.15, -0.1) is 0 Å². The van der Waals surface area contributed by atoms with E-state index < -0.39 is 0 Å². The average molecular weight is 295 g/mol. The summed E-state index contributed by atoms with van der Waals surface area (Å²) in [5.41, 5.74) is 1.90. The summed E-state index contributed by atoms with van der Waals surface area (Å²) in [6.45, 7) is 4.47. The predicted molar refractivity (Wildman–Crippen MR) is 82.6 cm³/mol. The van der Waals surface area contributed by atoms with Gasteiger partial charge < -0.3 is 10.1 Å². The lowest BCUT2D eigenvalue weighted by atomic mass is 10.3. The summed E-state index contributed by atoms with van der Waals surface area (Å²) in [5.74, 6) is 1.66. The highest BCUT2D eigenvalue weighted by Gasteiger charge is 2.22. The van der Waals surface area contributed by atoms with E-state index in [1.165, 1.54) is 11.8 Å². The molecule has 2 rings (SSSR count). The zero-order valence-corrected chi connectivity index (χ0v) is 12.7. The summed E-state index contributed by atoms with van der Waals surface area (Å²) in [6.07, 6.45) is 0. The zero-order chi connectivity index (χ0) is 13.7. The number of esters is 1. The number of rotatable bonds is 5. The van der Waals surface area contributed by atoms with Gasteiger partial charge in [-0.3, -0.25) is 0 Å². The third kappa shape index (κ3) is 3.70. The molecule has 0 fully saturated rings. The van der Waals surface area contributed by atoms with Crippen molar-refractivity contribution in [3.63, 3.8) is 0 Å². The van der Waals surface area contributed by atoms with E-state index in [1.807, 2.05) is 31.2 Å². The molecule has 5 heteroatoms. The zero-order valence-electron chi connectivity index (χ0n) is 11.1. The van der Waals surface area contributed by atoms with Crippen molar-refractivity contribution in [1.29, 1.82) is 0 Å². The van der Waals surface area contributed by atoms with Gasteiger partial charge in [0.2, 0.25) is 0 Å². The van der Waals surface area contributed by atoms with Gasteiger partial charge in [0.1, 0.15) is 11.5 Å². The van der Waals surface area contributed by atoms with E-state index in [9.17, 15) is 4.79 Å². The number of ether oxygens (including phenoxy) is 1. The van der Waals surface area contributed by atoms with Crippen LogP contribution in [0.15, 0.2) is 39.8 Å². The number of allylic oxidation sites excluding steroid dienone is 1. The van der Waals surface area contributed by atoms with Crippen LogP contribution in [0.1, 0.15) is 13.8 Å². The molecule has 3 nitrogen and oxygen atoms in total. The van der Waals surface area contributed by atoms with Crippen LogP contribution in [0.25, 0.3) is 0 Å². The van der Waals surface area contributed by atoms with Crippen LogP contribution in [0, 0.1) is 0 Å². The number of carbonyl (C=O) groups excluding carboxylic acids is 1. The molecule has 1 aromatic rings. The molecule has 0 unspecified atom stereocenters. The molecule has 1 N–H and O–H groups in total. The SMILES string of the molecule is CCSCCOC(=O)C1=C(C)Nc2ccccc2S1. The molecule has 0 amide bonds. The molecule has 1 aliphatic heterocycles. The van der Waals surface area contributed by atoms with Crippen molar-refractivity contribution >= 4 is 35.2 Å². The molecule has 0 aliphatic carbocycles. The van der Waals surface area contributed by atoms with E-state index in [2.05, 4.69) is 12.2 Å². The number of para-hydroxylation sites is 1. The van der Waals surface area contributed by atoms with E-state index in [0.29, 0.717) is 11.5 Å². The molecule has 102 valence electrons. The van der Waals surface area contributed by atoms with Crippen LogP contribution >= 0.6 is 23.5 Å². The van der Waals surface area contributed by atoms with Gasteiger partial charge in [0, 0.05) is 16.3 Å². The molecule has 19 heavy (non-hydrogen) atoms. The Morgan fingerprint density at radius 1 is 1.42 bits per heavy atom. The standard InChI is InChI=1S/C14H17NO2S2/c1-3-18-9-8-17-14(16)13-10(2)15-11-6-4-5-7-12(11)19-13/h4-7,15H,3,8-9H2,1-2H3. The molecular weight excluding hydrogens is 278 g/mol. The third-order valence-electron chi connectivity index (χ3n) is 2.61. The molecule has 1 aliphatic rings. The smallest absolute Gasteiger partial charge is 0.346 e. The number of benzene rings is 1. The van der Waals surface area contributed by atoms with Crippen LogP contribution in [-0.4, -0.2) is 24.1 Å². The molecule has 0 saturated carbocycles. The quantitative estimate of drug-likeness (QED) is 0.662. The highest BCUT2D eigenvalue weighted by Crippen LogP contribution is 2.39. The lowest BCUT2D eigenvalue weighted by molar-refractivity contribution is -0.137. The molecular formula is C14H17NO2S2. The number of nitrogens with one attached hydrogen (secondary N) is 1. The van der Waals surface area contributed by atoms with Crippen LogP contribution in [0.3, 0.4) is 0 Å². The maximum Gasteiger partial charge on any atom is 0.346 e. The molecule has 0 spiro atoms. The Kier molecular flexibility index (Phi) is 5.22. The second-order valence-corrected chi connectivity index (χ2v) is 6.46. The largest absolute Gasteiger partial charge is 0.461 e. The summed E-state index contributed by atoms with van der Waals surface area (Å²) >= 11 is 3.24. The van der Waals surface area contributed by atoms with Crippen LogP contribution < -0.4 is 5.32 Å². The van der Waals surface area contributed by atoms with E-state index >= 15 is 0 Å². The number of carbonyl (C=O) groups is 1. The van der Waals surface area contributed by atoms with Crippen molar-refractivity contribution < 1.29 is 9.53 Å². The fourth-order valence-corrected chi connectivity index (χ4v) is 3.13. The number of anilines is 1. The van der Waals surface area contributed by atoms with Crippen LogP contribution in [0.4, 0.5) is 5.69 Å². The summed E-state index contributed by atoms with van der Waals surface area (Å²) in [7, 11) is 0. The van der Waals surface area contributed by atoms with Gasteiger partial charge in [-0.25, -0.2) is 4.79 Å². The Bertz CT molecular complexity index is 500. The minimum atomic E-state index is -0.235. The highest BCUT2D eigenvalue weighted by atomic mass is 32.2. The molecule has 0 bridgehead atoms. The van der Waals surface area contributed by atoms with Crippen molar-refractivity contribution in [3.8, 4) is 0 Å². The fourth-order valence-electron chi connectivity index (χ4n) is 1.70. The maximum atomic E-state index is 12.0. The lowest BCUT2D eigenvalue weighted by Crippen LogP contribution is -2.15. The first-order chi connectivity index (χ1) is 9.22. The lowest BCUT2D eigenvalue weighted by Gasteiger charge is -2.20. The highest BCUT2D eigenvalue weighted by molar-refractivity contribution is 8.04. The van der Waals surface area contributed by atoms with E-state index in [1.54, 1.807) is 11.8 Å². The molecule has 0 atom stereocenters. The first kappa shape index (κ1) is 14.3. The van der Waals surface area contributed by atoms with Crippen molar-refractivity contribution in [1.82, 2.24) is 0 Å². The summed E-state index contributed by atoms with van der Waals surface area (Å²) in [6, 6.07) is 7.95. The number of hydrogen-bond donors (Lipinski definition) is 1. The van der Waals surface area contributed by atoms with Crippen LogP contribution in [0.2, 0.25) is 0 Å². The van der Waals surface area contributed by atoms with Crippen molar-refractivity contribution in [3.05, 3.63) is 34.9 Å². The maximum absolute atomic E-state index is 12.0. The summed E-state index contributed by atoms with van der Waals surface area (Å²) in [5, 5.41) is 3.25. The van der Waals surface area contributed by atoms with E-state index in [-0.39, 0.29) is 5.97 Å². The molecule has 0 radical (unpaired) electrons. The first-order valence-corrected chi connectivity index (χ1v) is 8.19.